The SMILES string of the molecule is CCC1CSC(=NCCC2CCCCC2)N1. The molecule has 1 atom stereocenters. The maximum absolute atomic E-state index is 4.68. The van der Waals surface area contributed by atoms with E-state index in [0.717, 1.165) is 12.5 Å². The maximum Gasteiger partial charge on any atom is 0.156 e. The van der Waals surface area contributed by atoms with Gasteiger partial charge in [0.1, 0.15) is 0 Å². The quantitative estimate of drug-likeness (QED) is 0.814. The number of nitrogens with zero attached hydrogens (tertiary/aromatic N) is 1. The monoisotopic (exact) mass is 240 g/mol. The van der Waals surface area contributed by atoms with Crippen molar-refractivity contribution in [3.05, 3.63) is 0 Å². The highest BCUT2D eigenvalue weighted by molar-refractivity contribution is 8.14. The van der Waals surface area contributed by atoms with Gasteiger partial charge in [0.15, 0.2) is 5.17 Å². The molecule has 1 aliphatic carbocycles. The van der Waals surface area contributed by atoms with Crippen LogP contribution in [0.3, 0.4) is 0 Å². The van der Waals surface area contributed by atoms with Gasteiger partial charge in [-0.1, -0.05) is 50.8 Å². The molecule has 92 valence electrons. The summed E-state index contributed by atoms with van der Waals surface area (Å²) in [5.74, 6) is 2.17. The first-order chi connectivity index (χ1) is 7.88. The lowest BCUT2D eigenvalue weighted by molar-refractivity contribution is 0.343. The van der Waals surface area contributed by atoms with Crippen molar-refractivity contribution in [2.24, 2.45) is 10.9 Å². The first-order valence-corrected chi connectivity index (χ1v) is 7.81. The Bertz CT molecular complexity index is 234. The smallest absolute Gasteiger partial charge is 0.156 e. The molecular weight excluding hydrogens is 216 g/mol. The van der Waals surface area contributed by atoms with Crippen molar-refractivity contribution in [2.75, 3.05) is 12.3 Å². The number of hydrogen-bond acceptors (Lipinski definition) is 2. The van der Waals surface area contributed by atoms with Gasteiger partial charge in [-0.05, 0) is 18.8 Å². The molecule has 2 fully saturated rings. The van der Waals surface area contributed by atoms with Crippen LogP contribution in [-0.4, -0.2) is 23.5 Å². The Morgan fingerprint density at radius 2 is 2.12 bits per heavy atom. The molecule has 1 N–H and O–H groups in total. The van der Waals surface area contributed by atoms with E-state index >= 15 is 0 Å². The van der Waals surface area contributed by atoms with Crippen molar-refractivity contribution in [3.63, 3.8) is 0 Å². The molecule has 0 aromatic rings. The second-order valence-electron chi connectivity index (χ2n) is 5.04. The Hall–Kier alpha value is -0.180. The van der Waals surface area contributed by atoms with E-state index in [4.69, 9.17) is 0 Å². The van der Waals surface area contributed by atoms with E-state index < -0.39 is 0 Å². The Morgan fingerprint density at radius 1 is 1.31 bits per heavy atom. The molecule has 2 rings (SSSR count). The van der Waals surface area contributed by atoms with E-state index in [2.05, 4.69) is 17.2 Å². The maximum atomic E-state index is 4.68. The van der Waals surface area contributed by atoms with Gasteiger partial charge in [0, 0.05) is 18.3 Å². The number of aliphatic imine (C=N–C) groups is 1. The predicted octanol–water partition coefficient (Wildman–Crippen LogP) is 3.43. The molecular formula is C13H24N2S. The molecule has 2 aliphatic rings. The summed E-state index contributed by atoms with van der Waals surface area (Å²) in [5.41, 5.74) is 0. The van der Waals surface area contributed by atoms with Crippen LogP contribution in [-0.2, 0) is 0 Å². The number of amidine groups is 1. The van der Waals surface area contributed by atoms with Crippen LogP contribution in [0.15, 0.2) is 4.99 Å². The Labute approximate surface area is 104 Å². The largest absolute Gasteiger partial charge is 0.361 e. The van der Waals surface area contributed by atoms with Crippen molar-refractivity contribution >= 4 is 16.9 Å². The number of nitrogens with one attached hydrogen (secondary N) is 1. The molecule has 0 aromatic carbocycles. The molecule has 0 aromatic heterocycles. The average molecular weight is 240 g/mol. The molecule has 0 amide bonds. The highest BCUT2D eigenvalue weighted by Crippen LogP contribution is 2.26. The summed E-state index contributed by atoms with van der Waals surface area (Å²) in [6, 6.07) is 0.665. The Kier molecular flexibility index (Phi) is 5.01. The van der Waals surface area contributed by atoms with Gasteiger partial charge < -0.3 is 5.32 Å². The lowest BCUT2D eigenvalue weighted by atomic mass is 9.87. The van der Waals surface area contributed by atoms with Gasteiger partial charge in [0.25, 0.3) is 0 Å². The van der Waals surface area contributed by atoms with Crippen LogP contribution < -0.4 is 5.32 Å². The fourth-order valence-corrected chi connectivity index (χ4v) is 3.68. The predicted molar refractivity (Wildman–Crippen MR) is 73.2 cm³/mol. The number of hydrogen-bond donors (Lipinski definition) is 1. The van der Waals surface area contributed by atoms with Gasteiger partial charge in [-0.15, -0.1) is 0 Å². The van der Waals surface area contributed by atoms with Crippen molar-refractivity contribution in [1.82, 2.24) is 5.32 Å². The third kappa shape index (κ3) is 3.69. The van der Waals surface area contributed by atoms with E-state index in [1.165, 1.54) is 55.9 Å². The fraction of sp³-hybridized carbons (Fsp3) is 0.923. The van der Waals surface area contributed by atoms with E-state index in [-0.39, 0.29) is 0 Å². The number of thioether (sulfide) groups is 1. The second kappa shape index (κ2) is 6.53. The lowest BCUT2D eigenvalue weighted by Gasteiger charge is -2.20. The zero-order chi connectivity index (χ0) is 11.2. The molecule has 1 saturated heterocycles. The van der Waals surface area contributed by atoms with E-state index in [1.54, 1.807) is 0 Å². The molecule has 2 nitrogen and oxygen atoms in total. The van der Waals surface area contributed by atoms with E-state index in [0.29, 0.717) is 6.04 Å². The number of rotatable bonds is 4. The highest BCUT2D eigenvalue weighted by Gasteiger charge is 2.18. The van der Waals surface area contributed by atoms with Gasteiger partial charge in [-0.2, -0.15) is 0 Å². The molecule has 3 heteroatoms. The standard InChI is InChI=1S/C13H24N2S/c1-2-12-10-16-13(15-12)14-9-8-11-6-4-3-5-7-11/h11-12H,2-10H2,1H3,(H,14,15). The molecule has 16 heavy (non-hydrogen) atoms. The normalized spacial score (nSPS) is 29.6. The summed E-state index contributed by atoms with van der Waals surface area (Å²) in [7, 11) is 0. The minimum absolute atomic E-state index is 0.665. The van der Waals surface area contributed by atoms with Crippen LogP contribution >= 0.6 is 11.8 Å². The Morgan fingerprint density at radius 3 is 2.81 bits per heavy atom. The molecule has 1 unspecified atom stereocenters. The van der Waals surface area contributed by atoms with Gasteiger partial charge in [0.2, 0.25) is 0 Å². The van der Waals surface area contributed by atoms with E-state index in [1.807, 2.05) is 11.8 Å². The molecule has 0 bridgehead atoms. The fourth-order valence-electron chi connectivity index (χ4n) is 2.57. The van der Waals surface area contributed by atoms with Crippen molar-refractivity contribution < 1.29 is 0 Å². The van der Waals surface area contributed by atoms with Gasteiger partial charge in [-0.25, -0.2) is 0 Å². The zero-order valence-corrected chi connectivity index (χ0v) is 11.2. The van der Waals surface area contributed by atoms with Crippen LogP contribution in [0.1, 0.15) is 51.9 Å². The minimum atomic E-state index is 0.665. The summed E-state index contributed by atoms with van der Waals surface area (Å²) < 4.78 is 0. The highest BCUT2D eigenvalue weighted by atomic mass is 32.2. The van der Waals surface area contributed by atoms with Crippen LogP contribution in [0.25, 0.3) is 0 Å². The summed E-state index contributed by atoms with van der Waals surface area (Å²) in [6.07, 6.45) is 9.78. The molecule has 0 radical (unpaired) electrons. The summed E-state index contributed by atoms with van der Waals surface area (Å²) in [6.45, 7) is 3.28. The van der Waals surface area contributed by atoms with Crippen LogP contribution in [0.5, 0.6) is 0 Å². The van der Waals surface area contributed by atoms with Gasteiger partial charge in [-0.3, -0.25) is 4.99 Å². The third-order valence-electron chi connectivity index (χ3n) is 3.76. The topological polar surface area (TPSA) is 24.4 Å². The molecule has 1 saturated carbocycles. The van der Waals surface area contributed by atoms with E-state index in [9.17, 15) is 0 Å². The zero-order valence-electron chi connectivity index (χ0n) is 10.4. The Balaban J connectivity index is 1.65. The third-order valence-corrected chi connectivity index (χ3v) is 4.85. The summed E-state index contributed by atoms with van der Waals surface area (Å²) >= 11 is 1.90. The summed E-state index contributed by atoms with van der Waals surface area (Å²) in [5, 5.41) is 4.69. The first-order valence-electron chi connectivity index (χ1n) is 6.82. The minimum Gasteiger partial charge on any atom is -0.361 e. The van der Waals surface area contributed by atoms with Gasteiger partial charge >= 0.3 is 0 Å². The lowest BCUT2D eigenvalue weighted by Crippen LogP contribution is -2.26. The van der Waals surface area contributed by atoms with Crippen LogP contribution in [0.4, 0.5) is 0 Å². The average Bonchev–Trinajstić information content (AvgIpc) is 2.78. The van der Waals surface area contributed by atoms with Crippen molar-refractivity contribution in [2.45, 2.75) is 57.9 Å². The molecule has 1 heterocycles. The molecule has 0 spiro atoms. The molecule has 1 aliphatic heterocycles. The van der Waals surface area contributed by atoms with Crippen LogP contribution in [0, 0.1) is 5.92 Å². The summed E-state index contributed by atoms with van der Waals surface area (Å²) in [4.78, 5) is 4.68. The van der Waals surface area contributed by atoms with Gasteiger partial charge in [0.05, 0.1) is 0 Å². The second-order valence-corrected chi connectivity index (χ2v) is 6.05. The van der Waals surface area contributed by atoms with Crippen molar-refractivity contribution in [3.8, 4) is 0 Å². The van der Waals surface area contributed by atoms with Crippen LogP contribution in [0.2, 0.25) is 0 Å². The first kappa shape index (κ1) is 12.3. The van der Waals surface area contributed by atoms with Crippen molar-refractivity contribution in [1.29, 1.82) is 0 Å².